The first-order chi connectivity index (χ1) is 21.1. The fourth-order valence-corrected chi connectivity index (χ4v) is 5.80. The molecule has 0 saturated carbocycles. The van der Waals surface area contributed by atoms with Crippen LogP contribution in [-0.4, -0.2) is 92.0 Å². The number of aromatic nitrogens is 2. The van der Waals surface area contributed by atoms with Gasteiger partial charge in [-0.25, -0.2) is 18.7 Å². The summed E-state index contributed by atoms with van der Waals surface area (Å²) in [7, 11) is 0. The molecule has 2 atom stereocenters. The molecular formula is C33H38ClF2N5O2. The summed E-state index contributed by atoms with van der Waals surface area (Å²) >= 11 is 5.27. The predicted octanol–water partition coefficient (Wildman–Crippen LogP) is 5.88. The van der Waals surface area contributed by atoms with Crippen LogP contribution < -0.4 is 9.80 Å². The van der Waals surface area contributed by atoms with Gasteiger partial charge >= 0.3 is 0 Å². The molecule has 8 rings (SSSR count). The summed E-state index contributed by atoms with van der Waals surface area (Å²) in [5.41, 5.74) is 0. The van der Waals surface area contributed by atoms with Gasteiger partial charge in [0, 0.05) is 69.0 Å². The second-order valence-electron chi connectivity index (χ2n) is 11.4. The summed E-state index contributed by atoms with van der Waals surface area (Å²) in [6.45, 7) is 8.75. The number of nitrogens with zero attached hydrogens (tertiary/aromatic N) is 5. The van der Waals surface area contributed by atoms with Crippen molar-refractivity contribution in [3.05, 3.63) is 72.6 Å². The average molecular weight is 610 g/mol. The summed E-state index contributed by atoms with van der Waals surface area (Å²) in [6, 6.07) is 13.7. The van der Waals surface area contributed by atoms with E-state index in [-0.39, 0.29) is 11.6 Å². The maximum absolute atomic E-state index is 13.5. The van der Waals surface area contributed by atoms with Crippen LogP contribution >= 0.6 is 11.6 Å². The van der Waals surface area contributed by atoms with Gasteiger partial charge in [-0.1, -0.05) is 12.1 Å². The third-order valence-corrected chi connectivity index (χ3v) is 8.52. The second-order valence-corrected chi connectivity index (χ2v) is 11.7. The number of epoxide rings is 2. The van der Waals surface area contributed by atoms with Gasteiger partial charge in [-0.3, -0.25) is 4.90 Å². The Bertz CT molecular complexity index is 1510. The topological polar surface area (TPSA) is 60.6 Å². The predicted molar refractivity (Wildman–Crippen MR) is 168 cm³/mol. The van der Waals surface area contributed by atoms with E-state index in [1.165, 1.54) is 31.4 Å². The van der Waals surface area contributed by atoms with Crippen molar-refractivity contribution in [3.8, 4) is 0 Å². The van der Waals surface area contributed by atoms with Crippen molar-refractivity contribution >= 4 is 44.8 Å². The van der Waals surface area contributed by atoms with Crippen molar-refractivity contribution in [2.45, 2.75) is 31.5 Å². The highest BCUT2D eigenvalue weighted by atomic mass is 35.5. The SMILES string of the molecule is ClC[C@@H]1CO1.Fc1ccc2ccnc(N3CCCCC3)c2c1.Fc1ccc2ccnc(N3CCN(CC4CO4)CC3)c2c1. The lowest BCUT2D eigenvalue weighted by atomic mass is 10.1. The number of rotatable bonds is 5. The normalized spacial score (nSPS) is 21.6. The van der Waals surface area contributed by atoms with Crippen molar-refractivity contribution in [1.82, 2.24) is 14.9 Å². The van der Waals surface area contributed by atoms with E-state index in [1.807, 2.05) is 30.5 Å². The Morgan fingerprint density at radius 1 is 0.674 bits per heavy atom. The molecule has 43 heavy (non-hydrogen) atoms. The molecule has 4 saturated heterocycles. The van der Waals surface area contributed by atoms with Crippen molar-refractivity contribution < 1.29 is 18.3 Å². The second kappa shape index (κ2) is 14.1. The van der Waals surface area contributed by atoms with E-state index in [1.54, 1.807) is 18.3 Å². The molecule has 1 unspecified atom stereocenters. The summed E-state index contributed by atoms with van der Waals surface area (Å²) in [5, 5.41) is 3.92. The van der Waals surface area contributed by atoms with E-state index in [0.29, 0.717) is 18.1 Å². The summed E-state index contributed by atoms with van der Waals surface area (Å²) < 4.78 is 36.9. The van der Waals surface area contributed by atoms with Gasteiger partial charge in [0.1, 0.15) is 23.3 Å². The molecule has 10 heteroatoms. The summed E-state index contributed by atoms with van der Waals surface area (Å²) in [4.78, 5) is 15.9. The summed E-state index contributed by atoms with van der Waals surface area (Å²) in [6.07, 6.45) is 8.15. The molecule has 0 radical (unpaired) electrons. The van der Waals surface area contributed by atoms with Gasteiger partial charge in [0.2, 0.25) is 0 Å². The highest BCUT2D eigenvalue weighted by Gasteiger charge is 2.28. The van der Waals surface area contributed by atoms with E-state index in [2.05, 4.69) is 24.7 Å². The van der Waals surface area contributed by atoms with E-state index in [4.69, 9.17) is 21.1 Å². The third-order valence-electron chi connectivity index (χ3n) is 8.18. The lowest BCUT2D eigenvalue weighted by molar-refractivity contribution is 0.230. The molecule has 0 N–H and O–H groups in total. The number of benzene rings is 2. The van der Waals surface area contributed by atoms with Crippen LogP contribution in [-0.2, 0) is 9.47 Å². The number of hydrogen-bond donors (Lipinski definition) is 0. The maximum Gasteiger partial charge on any atom is 0.136 e. The molecule has 228 valence electrons. The number of anilines is 2. The van der Waals surface area contributed by atoms with Crippen LogP contribution in [0.3, 0.4) is 0 Å². The van der Waals surface area contributed by atoms with Crippen LogP contribution in [0.4, 0.5) is 20.4 Å². The zero-order valence-corrected chi connectivity index (χ0v) is 25.1. The van der Waals surface area contributed by atoms with Gasteiger partial charge in [0.15, 0.2) is 0 Å². The lowest BCUT2D eigenvalue weighted by Gasteiger charge is -2.35. The number of hydrogen-bond acceptors (Lipinski definition) is 7. The van der Waals surface area contributed by atoms with Gasteiger partial charge in [-0.05, 0) is 66.4 Å². The van der Waals surface area contributed by atoms with Crippen LogP contribution in [0, 0.1) is 11.6 Å². The van der Waals surface area contributed by atoms with Gasteiger partial charge in [0.25, 0.3) is 0 Å². The minimum absolute atomic E-state index is 0.191. The highest BCUT2D eigenvalue weighted by Crippen LogP contribution is 2.28. The monoisotopic (exact) mass is 609 g/mol. The van der Waals surface area contributed by atoms with Crippen LogP contribution in [0.15, 0.2) is 60.9 Å². The van der Waals surface area contributed by atoms with Crippen LogP contribution in [0.1, 0.15) is 19.3 Å². The molecule has 4 fully saturated rings. The van der Waals surface area contributed by atoms with E-state index >= 15 is 0 Å². The minimum Gasteiger partial charge on any atom is -0.372 e. The zero-order valence-electron chi connectivity index (χ0n) is 24.3. The van der Waals surface area contributed by atoms with Crippen molar-refractivity contribution in [2.75, 3.05) is 74.7 Å². The number of piperidine rings is 1. The van der Waals surface area contributed by atoms with E-state index < -0.39 is 0 Å². The average Bonchev–Trinajstić information content (AvgIpc) is 3.98. The number of pyridine rings is 2. The first-order valence-corrected chi connectivity index (χ1v) is 15.7. The molecule has 0 spiro atoms. The molecule has 0 aliphatic carbocycles. The first kappa shape index (κ1) is 29.9. The minimum atomic E-state index is -0.207. The van der Waals surface area contributed by atoms with Crippen molar-refractivity contribution in [1.29, 1.82) is 0 Å². The Morgan fingerprint density at radius 2 is 1.19 bits per heavy atom. The van der Waals surface area contributed by atoms with Crippen LogP contribution in [0.2, 0.25) is 0 Å². The van der Waals surface area contributed by atoms with Crippen molar-refractivity contribution in [2.24, 2.45) is 0 Å². The molecule has 6 heterocycles. The van der Waals surface area contributed by atoms with E-state index in [9.17, 15) is 8.78 Å². The van der Waals surface area contributed by atoms with Gasteiger partial charge in [-0.15, -0.1) is 11.6 Å². The Labute approximate surface area is 256 Å². The molecule has 7 nitrogen and oxygen atoms in total. The van der Waals surface area contributed by atoms with Crippen molar-refractivity contribution in [3.63, 3.8) is 0 Å². The maximum atomic E-state index is 13.5. The van der Waals surface area contributed by atoms with E-state index in [0.717, 1.165) is 92.2 Å². The van der Waals surface area contributed by atoms with Gasteiger partial charge in [0.05, 0.1) is 31.3 Å². The highest BCUT2D eigenvalue weighted by molar-refractivity contribution is 6.18. The van der Waals surface area contributed by atoms with Crippen LogP contribution in [0.5, 0.6) is 0 Å². The van der Waals surface area contributed by atoms with Gasteiger partial charge in [-0.2, -0.15) is 0 Å². The Balaban J connectivity index is 0.000000134. The summed E-state index contributed by atoms with van der Waals surface area (Å²) in [5.74, 6) is 2.10. The standard InChI is InChI=1S/C16H18FN3O.C14H15FN2.C3H5ClO/c17-13-2-1-12-3-4-18-16(15(12)9-13)20-7-5-19(6-8-20)10-14-11-21-14;15-12-5-4-11-6-7-16-14(13(11)10-12)17-8-2-1-3-9-17;4-1-3-2-5-3/h1-4,9,14H,5-8,10-11H2;4-7,10H,1-3,8-9H2;3H,1-2H2/t;;3-/m..1/s1. The number of alkyl halides is 1. The molecule has 4 aromatic rings. The first-order valence-electron chi connectivity index (χ1n) is 15.2. The zero-order chi connectivity index (χ0) is 29.6. The third kappa shape index (κ3) is 8.09. The molecule has 2 aromatic heterocycles. The number of halogens is 3. The largest absolute Gasteiger partial charge is 0.372 e. The number of ether oxygens (including phenoxy) is 2. The molecule has 4 aliphatic rings. The number of piperazine rings is 1. The van der Waals surface area contributed by atoms with Gasteiger partial charge < -0.3 is 19.3 Å². The Hall–Kier alpha value is -3.11. The Kier molecular flexibility index (Phi) is 9.83. The van der Waals surface area contributed by atoms with Crippen LogP contribution in [0.25, 0.3) is 21.5 Å². The molecule has 4 aliphatic heterocycles. The molecule has 0 amide bonds. The Morgan fingerprint density at radius 3 is 1.65 bits per heavy atom. The smallest absolute Gasteiger partial charge is 0.136 e. The fraction of sp³-hybridized carbons (Fsp3) is 0.455. The molecular weight excluding hydrogens is 572 g/mol. The quantitative estimate of drug-likeness (QED) is 0.207. The molecule has 2 aromatic carbocycles. The lowest BCUT2D eigenvalue weighted by Crippen LogP contribution is -2.47. The fourth-order valence-electron chi connectivity index (χ4n) is 5.62. The molecule has 0 bridgehead atoms. The number of fused-ring (bicyclic) bond motifs is 2.